The summed E-state index contributed by atoms with van der Waals surface area (Å²) >= 11 is 0. The predicted molar refractivity (Wildman–Crippen MR) is 70.5 cm³/mol. The number of nitrogens with zero attached hydrogens (tertiary/aromatic N) is 1. The Kier molecular flexibility index (Phi) is 4.77. The minimum atomic E-state index is -0.516. The molecule has 2 unspecified atom stereocenters. The lowest BCUT2D eigenvalue weighted by atomic mass is 10.1. The van der Waals surface area contributed by atoms with Crippen LogP contribution in [-0.4, -0.2) is 34.5 Å². The van der Waals surface area contributed by atoms with E-state index < -0.39 is 5.60 Å². The van der Waals surface area contributed by atoms with E-state index in [4.69, 9.17) is 4.74 Å². The maximum Gasteiger partial charge on any atom is 0.411 e. The van der Waals surface area contributed by atoms with E-state index in [1.807, 2.05) is 34.6 Å². The highest BCUT2D eigenvalue weighted by Crippen LogP contribution is 2.27. The number of hydrogen-bond acceptors (Lipinski definition) is 3. The van der Waals surface area contributed by atoms with E-state index in [0.717, 1.165) is 19.3 Å². The fraction of sp³-hybridized carbons (Fsp3) is 0.857. The maximum absolute atomic E-state index is 12.1. The summed E-state index contributed by atoms with van der Waals surface area (Å²) in [6.45, 7) is 9.48. The van der Waals surface area contributed by atoms with Crippen molar-refractivity contribution in [3.8, 4) is 0 Å². The standard InChI is InChI=1S/C14H25NO3/c1-6-7-12(16)11-9-8-10(2)15(11)13(17)18-14(3,4)5/h10-11H,6-9H2,1-5H3. The molecule has 0 aromatic carbocycles. The van der Waals surface area contributed by atoms with Crippen LogP contribution in [0.15, 0.2) is 0 Å². The number of carbonyl (C=O) groups is 2. The number of carbonyl (C=O) groups excluding carboxylic acids is 2. The zero-order valence-electron chi connectivity index (χ0n) is 12.2. The molecule has 0 aromatic rings. The van der Waals surface area contributed by atoms with Crippen molar-refractivity contribution in [1.82, 2.24) is 4.90 Å². The van der Waals surface area contributed by atoms with E-state index in [2.05, 4.69) is 0 Å². The Morgan fingerprint density at radius 2 is 1.89 bits per heavy atom. The molecule has 0 radical (unpaired) electrons. The van der Waals surface area contributed by atoms with E-state index in [-0.39, 0.29) is 24.0 Å². The third kappa shape index (κ3) is 3.72. The molecule has 1 saturated heterocycles. The van der Waals surface area contributed by atoms with Crippen LogP contribution in [0.4, 0.5) is 4.79 Å². The summed E-state index contributed by atoms with van der Waals surface area (Å²) in [5.74, 6) is 0.160. The number of amides is 1. The Labute approximate surface area is 110 Å². The third-order valence-electron chi connectivity index (χ3n) is 3.14. The van der Waals surface area contributed by atoms with Gasteiger partial charge in [-0.3, -0.25) is 9.69 Å². The van der Waals surface area contributed by atoms with Gasteiger partial charge in [-0.05, 0) is 47.0 Å². The SMILES string of the molecule is CCCC(=O)C1CCC(C)N1C(=O)OC(C)(C)C. The smallest absolute Gasteiger partial charge is 0.411 e. The van der Waals surface area contributed by atoms with Crippen LogP contribution in [0.2, 0.25) is 0 Å². The molecular weight excluding hydrogens is 230 g/mol. The van der Waals surface area contributed by atoms with Crippen molar-refractivity contribution in [1.29, 1.82) is 0 Å². The fourth-order valence-electron chi connectivity index (χ4n) is 2.34. The quantitative estimate of drug-likeness (QED) is 0.778. The number of ether oxygens (including phenoxy) is 1. The molecule has 4 nitrogen and oxygen atoms in total. The lowest BCUT2D eigenvalue weighted by Gasteiger charge is -2.30. The Hall–Kier alpha value is -1.06. The molecule has 0 bridgehead atoms. The molecule has 1 aliphatic rings. The van der Waals surface area contributed by atoms with Crippen LogP contribution < -0.4 is 0 Å². The Balaban J connectivity index is 2.76. The van der Waals surface area contributed by atoms with Crippen molar-refractivity contribution in [3.63, 3.8) is 0 Å². The minimum absolute atomic E-state index is 0.0886. The average Bonchev–Trinajstić information content (AvgIpc) is 2.58. The van der Waals surface area contributed by atoms with E-state index in [1.54, 1.807) is 4.90 Å². The normalized spacial score (nSPS) is 24.2. The van der Waals surface area contributed by atoms with Gasteiger partial charge in [-0.25, -0.2) is 4.79 Å². The summed E-state index contributed by atoms with van der Waals surface area (Å²) in [7, 11) is 0. The Bertz CT molecular complexity index is 319. The predicted octanol–water partition coefficient (Wildman–Crippen LogP) is 3.14. The molecule has 0 spiro atoms. The van der Waals surface area contributed by atoms with Crippen molar-refractivity contribution in [2.24, 2.45) is 0 Å². The van der Waals surface area contributed by atoms with Gasteiger partial charge < -0.3 is 4.74 Å². The van der Waals surface area contributed by atoms with Gasteiger partial charge in [0.1, 0.15) is 5.60 Å². The molecule has 1 heterocycles. The number of rotatable bonds is 3. The average molecular weight is 255 g/mol. The second kappa shape index (κ2) is 5.72. The first kappa shape index (κ1) is 15.0. The van der Waals surface area contributed by atoms with Crippen LogP contribution in [0.3, 0.4) is 0 Å². The van der Waals surface area contributed by atoms with Crippen LogP contribution in [-0.2, 0) is 9.53 Å². The monoisotopic (exact) mass is 255 g/mol. The van der Waals surface area contributed by atoms with Crippen LogP contribution in [0.5, 0.6) is 0 Å². The molecule has 1 amide bonds. The molecule has 0 N–H and O–H groups in total. The van der Waals surface area contributed by atoms with Gasteiger partial charge in [-0.15, -0.1) is 0 Å². The first-order valence-electron chi connectivity index (χ1n) is 6.80. The summed E-state index contributed by atoms with van der Waals surface area (Å²) in [5, 5.41) is 0. The zero-order chi connectivity index (χ0) is 13.9. The lowest BCUT2D eigenvalue weighted by Crippen LogP contribution is -2.46. The molecule has 18 heavy (non-hydrogen) atoms. The molecule has 1 rings (SSSR count). The van der Waals surface area contributed by atoms with Gasteiger partial charge in [0, 0.05) is 12.5 Å². The highest BCUT2D eigenvalue weighted by Gasteiger charge is 2.40. The summed E-state index contributed by atoms with van der Waals surface area (Å²) in [6.07, 6.45) is 2.64. The van der Waals surface area contributed by atoms with E-state index >= 15 is 0 Å². The van der Waals surface area contributed by atoms with Gasteiger partial charge in [-0.2, -0.15) is 0 Å². The molecule has 1 fully saturated rings. The highest BCUT2D eigenvalue weighted by molar-refractivity contribution is 5.88. The van der Waals surface area contributed by atoms with Crippen LogP contribution in [0.1, 0.15) is 60.3 Å². The van der Waals surface area contributed by atoms with Crippen LogP contribution >= 0.6 is 0 Å². The molecular formula is C14H25NO3. The number of likely N-dealkylation sites (tertiary alicyclic amines) is 1. The van der Waals surface area contributed by atoms with Crippen molar-refractivity contribution in [3.05, 3.63) is 0 Å². The fourth-order valence-corrected chi connectivity index (χ4v) is 2.34. The minimum Gasteiger partial charge on any atom is -0.444 e. The largest absolute Gasteiger partial charge is 0.444 e. The molecule has 1 aliphatic heterocycles. The molecule has 0 saturated carbocycles. The van der Waals surface area contributed by atoms with Gasteiger partial charge in [0.15, 0.2) is 5.78 Å². The molecule has 0 aliphatic carbocycles. The maximum atomic E-state index is 12.1. The van der Waals surface area contributed by atoms with E-state index in [1.165, 1.54) is 0 Å². The number of Topliss-reactive ketones (excluding diaryl/α,β-unsaturated/α-hetero) is 1. The summed E-state index contributed by atoms with van der Waals surface area (Å²) in [5.41, 5.74) is -0.516. The molecule has 4 heteroatoms. The van der Waals surface area contributed by atoms with E-state index in [0.29, 0.717) is 6.42 Å². The number of ketones is 1. The van der Waals surface area contributed by atoms with Crippen LogP contribution in [0, 0.1) is 0 Å². The van der Waals surface area contributed by atoms with Gasteiger partial charge in [0.25, 0.3) is 0 Å². The molecule has 2 atom stereocenters. The Morgan fingerprint density at radius 3 is 2.39 bits per heavy atom. The van der Waals surface area contributed by atoms with Gasteiger partial charge in [0.05, 0.1) is 6.04 Å². The van der Waals surface area contributed by atoms with Crippen molar-refractivity contribution < 1.29 is 14.3 Å². The van der Waals surface area contributed by atoms with E-state index in [9.17, 15) is 9.59 Å². The number of hydrogen-bond donors (Lipinski definition) is 0. The first-order chi connectivity index (χ1) is 8.26. The summed E-state index contributed by atoms with van der Waals surface area (Å²) in [6, 6.07) is -0.194. The zero-order valence-corrected chi connectivity index (χ0v) is 12.2. The van der Waals surface area contributed by atoms with Gasteiger partial charge in [-0.1, -0.05) is 6.92 Å². The van der Waals surface area contributed by atoms with Crippen LogP contribution in [0.25, 0.3) is 0 Å². The van der Waals surface area contributed by atoms with Crippen molar-refractivity contribution in [2.75, 3.05) is 0 Å². The Morgan fingerprint density at radius 1 is 1.28 bits per heavy atom. The molecule has 104 valence electrons. The second-order valence-corrected chi connectivity index (χ2v) is 6.05. The van der Waals surface area contributed by atoms with Gasteiger partial charge >= 0.3 is 6.09 Å². The molecule has 0 aromatic heterocycles. The summed E-state index contributed by atoms with van der Waals surface area (Å²) in [4.78, 5) is 25.8. The van der Waals surface area contributed by atoms with Crippen molar-refractivity contribution in [2.45, 2.75) is 78.0 Å². The topological polar surface area (TPSA) is 46.6 Å². The first-order valence-corrected chi connectivity index (χ1v) is 6.80. The second-order valence-electron chi connectivity index (χ2n) is 6.05. The lowest BCUT2D eigenvalue weighted by molar-refractivity contribution is -0.123. The highest BCUT2D eigenvalue weighted by atomic mass is 16.6. The summed E-state index contributed by atoms with van der Waals surface area (Å²) < 4.78 is 5.39. The van der Waals surface area contributed by atoms with Crippen molar-refractivity contribution >= 4 is 11.9 Å². The third-order valence-corrected chi connectivity index (χ3v) is 3.14. The van der Waals surface area contributed by atoms with Gasteiger partial charge in [0.2, 0.25) is 0 Å².